The first-order chi connectivity index (χ1) is 4.00. The van der Waals surface area contributed by atoms with Crippen molar-refractivity contribution in [2.24, 2.45) is 0 Å². The van der Waals surface area contributed by atoms with Crippen molar-refractivity contribution in [1.82, 2.24) is 0 Å². The Kier molecular flexibility index (Phi) is 46.4. The van der Waals surface area contributed by atoms with E-state index in [9.17, 15) is 0 Å². The van der Waals surface area contributed by atoms with Crippen LogP contribution in [0.25, 0.3) is 0 Å². The van der Waals surface area contributed by atoms with Crippen molar-refractivity contribution in [1.29, 1.82) is 0 Å². The fourth-order valence-electron chi connectivity index (χ4n) is 0. The van der Waals surface area contributed by atoms with Crippen LogP contribution in [0.1, 0.15) is 0 Å². The minimum Gasteiger partial charge on any atom is -0.894 e. The summed E-state index contributed by atoms with van der Waals surface area (Å²) in [4.78, 5) is 68.6. The van der Waals surface area contributed by atoms with E-state index in [0.29, 0.717) is 0 Å². The van der Waals surface area contributed by atoms with E-state index < -0.39 is 18.1 Å². The van der Waals surface area contributed by atoms with Gasteiger partial charge in [-0.2, -0.15) is 0 Å². The van der Waals surface area contributed by atoms with Gasteiger partial charge in [0.2, 0.25) is 0 Å². The van der Waals surface area contributed by atoms with E-state index in [1.807, 2.05) is 0 Å². The Bertz CT molecular complexity index is 66.3. The van der Waals surface area contributed by atoms with E-state index in [-0.39, 0.29) is 148 Å². The molecule has 0 N–H and O–H groups in total. The van der Waals surface area contributed by atoms with Crippen LogP contribution in [0.4, 0.5) is 0 Å². The smallest absolute Gasteiger partial charge is 0.894 e. The van der Waals surface area contributed by atoms with Gasteiger partial charge in [-0.1, -0.05) is 0 Å². The molecule has 0 saturated carbocycles. The van der Waals surface area contributed by atoms with Crippen molar-refractivity contribution < 1.29 is 186 Å². The molecule has 0 saturated heterocycles. The Labute approximate surface area is 199 Å². The summed E-state index contributed by atoms with van der Waals surface area (Å²) in [7, 11) is -11.2. The van der Waals surface area contributed by atoms with Crippen LogP contribution in [-0.2, 0) is 44.8 Å². The maximum absolute atomic E-state index is 8.58. The summed E-state index contributed by atoms with van der Waals surface area (Å²) in [6, 6.07) is 0. The molecule has 0 heterocycles. The number of rotatable bonds is 0. The molecule has 0 rings (SSSR count). The van der Waals surface area contributed by atoms with Crippen LogP contribution in [0, 0.1) is 0 Å². The molecule has 0 aromatic carbocycles. The van der Waals surface area contributed by atoms with E-state index in [0.717, 1.165) is 0 Å². The monoisotopic (exact) mass is 448 g/mol. The van der Waals surface area contributed by atoms with Crippen LogP contribution < -0.4 is 141 Å². The Balaban J connectivity index is -0.0000000178. The Morgan fingerprint density at radius 2 is 0.429 bits per heavy atom. The average molecular weight is 448 g/mol. The maximum atomic E-state index is 8.58. The molecule has 0 aliphatic rings. The predicted molar refractivity (Wildman–Crippen MR) is 11.5 cm³/mol. The Morgan fingerprint density at radius 1 is 0.429 bits per heavy atom. The van der Waals surface area contributed by atoms with Crippen LogP contribution in [0.3, 0.4) is 0 Å². The molecule has 64 valence electrons. The van der Waals surface area contributed by atoms with Gasteiger partial charge in [-0.3, -0.25) is 0 Å². The van der Waals surface area contributed by atoms with Gasteiger partial charge in [-0.15, -0.1) is 0 Å². The van der Waals surface area contributed by atoms with Crippen LogP contribution in [-0.4, -0.2) is 18.1 Å². The summed E-state index contributed by atoms with van der Waals surface area (Å²) in [5.41, 5.74) is 0. The number of hydrogen-bond donors (Lipinski definition) is 0. The molecular weight excluding hydrogens is 448 g/mol. The molecule has 14 heteroatoms. The first-order valence-corrected chi connectivity index (χ1v) is 4.90. The normalized spacial score (nSPS) is 8.57. The fraction of sp³-hybridized carbons (Fsp3) is 0. The van der Waals surface area contributed by atoms with Crippen molar-refractivity contribution in [3.63, 3.8) is 0 Å². The molecule has 0 atom stereocenters. The molecule has 14 heavy (non-hydrogen) atoms. The van der Waals surface area contributed by atoms with E-state index in [2.05, 4.69) is 0 Å². The van der Waals surface area contributed by atoms with Gasteiger partial charge in [0.25, 0.3) is 0 Å². The molecular formula is K2Nb2O8Si2+4. The van der Waals surface area contributed by atoms with E-state index in [1.165, 1.54) is 0 Å². The van der Waals surface area contributed by atoms with Crippen molar-refractivity contribution >= 4 is 18.1 Å². The second-order valence-corrected chi connectivity index (χ2v) is 3.00. The van der Waals surface area contributed by atoms with Crippen LogP contribution in [0.2, 0.25) is 0 Å². The van der Waals surface area contributed by atoms with Gasteiger partial charge in [0.1, 0.15) is 0 Å². The molecule has 0 aromatic rings. The van der Waals surface area contributed by atoms with Gasteiger partial charge in [0.05, 0.1) is 0 Å². The quantitative estimate of drug-likeness (QED) is 0.327. The average Bonchev–Trinajstić information content (AvgIpc) is 1.12. The third-order valence-corrected chi connectivity index (χ3v) is 0. The summed E-state index contributed by atoms with van der Waals surface area (Å²) >= 11 is 0. The SMILES string of the molecule is [K+].[K+].[Nb+5].[Nb+5].[O-][Si]([O-])([O-])[O-].[O-][Si]([O-])([O-])[O-]. The summed E-state index contributed by atoms with van der Waals surface area (Å²) in [6.07, 6.45) is 0. The standard InChI is InChI=1S/2K.2Nb.2O4Si/c;;;;2*1-5(2,3)4/q2*+1;2*+5;2*-4. The van der Waals surface area contributed by atoms with Crippen molar-refractivity contribution in [3.8, 4) is 0 Å². The molecule has 0 radical (unpaired) electrons. The zero-order chi connectivity index (χ0) is 9.00. The van der Waals surface area contributed by atoms with Crippen molar-refractivity contribution in [2.75, 3.05) is 0 Å². The molecule has 0 aliphatic carbocycles. The second kappa shape index (κ2) is 17.9. The summed E-state index contributed by atoms with van der Waals surface area (Å²) in [5.74, 6) is 0. The van der Waals surface area contributed by atoms with Gasteiger partial charge in [0, 0.05) is 0 Å². The topological polar surface area (TPSA) is 184 Å². The first kappa shape index (κ1) is 36.4. The largest absolute Gasteiger partial charge is 5.00 e. The number of hydrogen-bond acceptors (Lipinski definition) is 8. The molecule has 8 nitrogen and oxygen atoms in total. The summed E-state index contributed by atoms with van der Waals surface area (Å²) in [6.45, 7) is 0. The zero-order valence-electron chi connectivity index (χ0n) is 7.16. The minimum absolute atomic E-state index is 0. The first-order valence-electron chi connectivity index (χ1n) is 1.63. The predicted octanol–water partition coefficient (Wildman–Crippen LogP) is -16.3. The van der Waals surface area contributed by atoms with Gasteiger partial charge < -0.3 is 56.5 Å². The van der Waals surface area contributed by atoms with E-state index in [1.54, 1.807) is 0 Å². The van der Waals surface area contributed by atoms with Crippen LogP contribution in [0.15, 0.2) is 0 Å². The molecule has 0 aromatic heterocycles. The maximum Gasteiger partial charge on any atom is 5.00 e. The zero-order valence-corrected chi connectivity index (χ0v) is 19.8. The minimum atomic E-state index is -5.61. The molecule has 0 amide bonds. The van der Waals surface area contributed by atoms with Crippen molar-refractivity contribution in [2.45, 2.75) is 0 Å². The molecule has 0 bridgehead atoms. The molecule has 0 spiro atoms. The third-order valence-electron chi connectivity index (χ3n) is 0. The van der Waals surface area contributed by atoms with E-state index >= 15 is 0 Å². The molecule has 0 fully saturated rings. The summed E-state index contributed by atoms with van der Waals surface area (Å²) in [5, 5.41) is 0. The van der Waals surface area contributed by atoms with Crippen LogP contribution >= 0.6 is 0 Å². The fourth-order valence-corrected chi connectivity index (χ4v) is 0. The van der Waals surface area contributed by atoms with Gasteiger partial charge in [-0.25, -0.2) is 0 Å². The van der Waals surface area contributed by atoms with Gasteiger partial charge in [0.15, 0.2) is 0 Å². The van der Waals surface area contributed by atoms with Gasteiger partial charge in [-0.05, 0) is 0 Å². The molecule has 0 unspecified atom stereocenters. The summed E-state index contributed by atoms with van der Waals surface area (Å²) < 4.78 is 0. The van der Waals surface area contributed by atoms with Crippen LogP contribution in [0.5, 0.6) is 0 Å². The van der Waals surface area contributed by atoms with E-state index in [4.69, 9.17) is 38.4 Å². The Morgan fingerprint density at radius 3 is 0.429 bits per heavy atom. The van der Waals surface area contributed by atoms with Gasteiger partial charge >= 0.3 is 148 Å². The third kappa shape index (κ3) is 179. The Hall–Kier alpha value is 4.87. The van der Waals surface area contributed by atoms with Crippen molar-refractivity contribution in [3.05, 3.63) is 0 Å². The molecule has 0 aliphatic heterocycles. The second-order valence-electron chi connectivity index (χ2n) is 1.00.